The average molecular weight is 333 g/mol. The van der Waals surface area contributed by atoms with Crippen LogP contribution in [0.5, 0.6) is 0 Å². The van der Waals surface area contributed by atoms with Gasteiger partial charge in [0, 0.05) is 11.1 Å². The molecule has 0 amide bonds. The van der Waals surface area contributed by atoms with Crippen molar-refractivity contribution < 1.29 is 9.53 Å². The van der Waals surface area contributed by atoms with Crippen molar-refractivity contribution in [2.45, 2.75) is 6.92 Å². The van der Waals surface area contributed by atoms with E-state index in [-0.39, 0.29) is 5.97 Å². The summed E-state index contributed by atoms with van der Waals surface area (Å²) in [5, 5.41) is 12.6. The van der Waals surface area contributed by atoms with E-state index >= 15 is 0 Å². The molecule has 2 aromatic heterocycles. The number of aryl methyl sites for hydroxylation is 1. The molecule has 0 fully saturated rings. The first kappa shape index (κ1) is 15.1. The summed E-state index contributed by atoms with van der Waals surface area (Å²) in [7, 11) is 1.36. The Morgan fingerprint density at radius 2 is 1.84 bits per heavy atom. The maximum atomic E-state index is 11.5. The lowest BCUT2D eigenvalue weighted by Crippen LogP contribution is -2.05. The van der Waals surface area contributed by atoms with E-state index in [0.29, 0.717) is 11.5 Å². The third-order valence-corrected chi connectivity index (χ3v) is 3.97. The Morgan fingerprint density at radius 3 is 2.60 bits per heavy atom. The molecule has 0 radical (unpaired) electrons. The molecule has 4 rings (SSSR count). The normalized spacial score (nSPS) is 11.0. The van der Waals surface area contributed by atoms with Crippen LogP contribution >= 0.6 is 0 Å². The molecule has 124 valence electrons. The van der Waals surface area contributed by atoms with E-state index in [1.807, 2.05) is 35.6 Å². The molecule has 7 heteroatoms. The number of ether oxygens (including phenoxy) is 1. The number of aromatic nitrogens is 4. The molecule has 0 aliphatic rings. The molecule has 1 N–H and O–H groups in total. The van der Waals surface area contributed by atoms with Gasteiger partial charge < -0.3 is 10.1 Å². The van der Waals surface area contributed by atoms with Gasteiger partial charge in [0.15, 0.2) is 5.65 Å². The number of esters is 1. The molecule has 7 nitrogen and oxygen atoms in total. The number of nitrogens with zero attached hydrogens (tertiary/aromatic N) is 4. The number of rotatable bonds is 3. The van der Waals surface area contributed by atoms with Crippen LogP contribution in [-0.2, 0) is 4.74 Å². The van der Waals surface area contributed by atoms with E-state index in [0.717, 1.165) is 28.1 Å². The fraction of sp³-hybridized carbons (Fsp3) is 0.111. The predicted molar refractivity (Wildman–Crippen MR) is 94.1 cm³/mol. The Kier molecular flexibility index (Phi) is 3.53. The van der Waals surface area contributed by atoms with Crippen molar-refractivity contribution in [2.24, 2.45) is 0 Å². The Balaban J connectivity index is 1.80. The minimum absolute atomic E-state index is 0.368. The molecule has 0 spiro atoms. The molecule has 0 unspecified atom stereocenters. The maximum Gasteiger partial charge on any atom is 0.337 e. The van der Waals surface area contributed by atoms with Gasteiger partial charge in [-0.15, -0.1) is 10.2 Å². The maximum absolute atomic E-state index is 11.5. The molecular formula is C18H15N5O2. The molecule has 0 aliphatic carbocycles. The highest BCUT2D eigenvalue weighted by molar-refractivity contribution is 5.93. The van der Waals surface area contributed by atoms with Gasteiger partial charge in [0.2, 0.25) is 5.95 Å². The molecule has 0 saturated heterocycles. The highest BCUT2D eigenvalue weighted by Crippen LogP contribution is 2.24. The van der Waals surface area contributed by atoms with E-state index in [9.17, 15) is 4.79 Å². The molecule has 4 aromatic rings. The molecule has 25 heavy (non-hydrogen) atoms. The summed E-state index contributed by atoms with van der Waals surface area (Å²) in [6.45, 7) is 1.88. The zero-order valence-corrected chi connectivity index (χ0v) is 13.7. The van der Waals surface area contributed by atoms with Crippen LogP contribution in [0.1, 0.15) is 16.2 Å². The third-order valence-electron chi connectivity index (χ3n) is 3.97. The van der Waals surface area contributed by atoms with Crippen LogP contribution in [0.25, 0.3) is 16.6 Å². The number of carbonyl (C=O) groups excluding carboxylic acids is 1. The second-order valence-corrected chi connectivity index (χ2v) is 5.55. The van der Waals surface area contributed by atoms with Crippen LogP contribution in [-0.4, -0.2) is 32.7 Å². The third kappa shape index (κ3) is 2.55. The lowest BCUT2D eigenvalue weighted by molar-refractivity contribution is 0.0601. The number of hydrogen-bond acceptors (Lipinski definition) is 6. The van der Waals surface area contributed by atoms with E-state index < -0.39 is 0 Å². The Bertz CT molecular complexity index is 1090. The zero-order chi connectivity index (χ0) is 17.4. The molecule has 0 bridgehead atoms. The van der Waals surface area contributed by atoms with Crippen molar-refractivity contribution in [3.8, 4) is 0 Å². The van der Waals surface area contributed by atoms with Crippen LogP contribution in [0.15, 0.2) is 48.5 Å². The zero-order valence-electron chi connectivity index (χ0n) is 13.7. The number of carbonyl (C=O) groups is 1. The number of benzene rings is 2. The van der Waals surface area contributed by atoms with Crippen molar-refractivity contribution in [1.29, 1.82) is 0 Å². The van der Waals surface area contributed by atoms with Gasteiger partial charge in [0.05, 0.1) is 18.2 Å². The highest BCUT2D eigenvalue weighted by Gasteiger charge is 2.13. The average Bonchev–Trinajstić information content (AvgIpc) is 3.04. The smallest absolute Gasteiger partial charge is 0.337 e. The number of fused-ring (bicyclic) bond motifs is 3. The van der Waals surface area contributed by atoms with Gasteiger partial charge in [-0.2, -0.15) is 0 Å². The number of hydrogen-bond donors (Lipinski definition) is 1. The number of nitrogens with one attached hydrogen (secondary N) is 1. The van der Waals surface area contributed by atoms with Crippen molar-refractivity contribution in [1.82, 2.24) is 19.6 Å². The van der Waals surface area contributed by atoms with Crippen molar-refractivity contribution in [3.63, 3.8) is 0 Å². The second kappa shape index (κ2) is 5.86. The molecule has 2 heterocycles. The molecule has 0 saturated carbocycles. The van der Waals surface area contributed by atoms with Gasteiger partial charge in [-0.3, -0.25) is 0 Å². The van der Waals surface area contributed by atoms with Gasteiger partial charge in [0.1, 0.15) is 5.82 Å². The monoisotopic (exact) mass is 333 g/mol. The Hall–Kier alpha value is -3.48. The summed E-state index contributed by atoms with van der Waals surface area (Å²) in [4.78, 5) is 16.2. The first-order valence-electron chi connectivity index (χ1n) is 7.73. The van der Waals surface area contributed by atoms with Crippen LogP contribution in [0.3, 0.4) is 0 Å². The van der Waals surface area contributed by atoms with Gasteiger partial charge >= 0.3 is 5.97 Å². The lowest BCUT2D eigenvalue weighted by Gasteiger charge is -2.11. The SMILES string of the molecule is COC(=O)c1ccc(Nc2nc3ccccc3c3nnc(C)n23)cc1. The number of methoxy groups -OCH3 is 1. The van der Waals surface area contributed by atoms with E-state index in [2.05, 4.69) is 20.5 Å². The van der Waals surface area contributed by atoms with Gasteiger partial charge in [0.25, 0.3) is 0 Å². The Labute approximate surface area is 143 Å². The minimum Gasteiger partial charge on any atom is -0.465 e. The minimum atomic E-state index is -0.368. The van der Waals surface area contributed by atoms with Crippen LogP contribution in [0, 0.1) is 6.92 Å². The van der Waals surface area contributed by atoms with Crippen LogP contribution in [0.4, 0.5) is 11.6 Å². The van der Waals surface area contributed by atoms with E-state index in [4.69, 9.17) is 4.74 Å². The topological polar surface area (TPSA) is 81.4 Å². The van der Waals surface area contributed by atoms with Crippen molar-refractivity contribution in [3.05, 3.63) is 59.9 Å². The summed E-state index contributed by atoms with van der Waals surface area (Å²) in [6, 6.07) is 14.8. The highest BCUT2D eigenvalue weighted by atomic mass is 16.5. The summed E-state index contributed by atoms with van der Waals surface area (Å²) in [6.07, 6.45) is 0. The largest absolute Gasteiger partial charge is 0.465 e. The lowest BCUT2D eigenvalue weighted by atomic mass is 10.2. The van der Waals surface area contributed by atoms with Gasteiger partial charge in [-0.25, -0.2) is 14.2 Å². The molecule has 0 atom stereocenters. The van der Waals surface area contributed by atoms with Crippen molar-refractivity contribution in [2.75, 3.05) is 12.4 Å². The van der Waals surface area contributed by atoms with Crippen LogP contribution in [0.2, 0.25) is 0 Å². The summed E-state index contributed by atoms with van der Waals surface area (Å²) < 4.78 is 6.58. The first-order chi connectivity index (χ1) is 12.2. The fourth-order valence-corrected chi connectivity index (χ4v) is 2.74. The summed E-state index contributed by atoms with van der Waals surface area (Å²) in [5.74, 6) is 0.983. The summed E-state index contributed by atoms with van der Waals surface area (Å²) in [5.41, 5.74) is 2.86. The van der Waals surface area contributed by atoms with Crippen molar-refractivity contribution >= 4 is 34.2 Å². The quantitative estimate of drug-likeness (QED) is 0.580. The van der Waals surface area contributed by atoms with Crippen LogP contribution < -0.4 is 5.32 Å². The fourth-order valence-electron chi connectivity index (χ4n) is 2.74. The Morgan fingerprint density at radius 1 is 1.08 bits per heavy atom. The standard InChI is InChI=1S/C18H15N5O2/c1-11-21-22-16-14-5-3-4-6-15(14)20-18(23(11)16)19-13-9-7-12(8-10-13)17(24)25-2/h3-10H,1-2H3,(H,19,20). The number of anilines is 2. The van der Waals surface area contributed by atoms with E-state index in [1.165, 1.54) is 7.11 Å². The second-order valence-electron chi connectivity index (χ2n) is 5.55. The molecule has 0 aliphatic heterocycles. The van der Waals surface area contributed by atoms with Gasteiger partial charge in [-0.1, -0.05) is 12.1 Å². The number of para-hydroxylation sites is 1. The molecular weight excluding hydrogens is 318 g/mol. The predicted octanol–water partition coefficient (Wildman–Crippen LogP) is 3.12. The summed E-state index contributed by atoms with van der Waals surface area (Å²) >= 11 is 0. The first-order valence-corrected chi connectivity index (χ1v) is 7.73. The van der Waals surface area contributed by atoms with Gasteiger partial charge in [-0.05, 0) is 43.3 Å². The molecule has 2 aromatic carbocycles. The van der Waals surface area contributed by atoms with E-state index in [1.54, 1.807) is 24.3 Å².